The monoisotopic (exact) mass is 517 g/mol. The Labute approximate surface area is 215 Å². The summed E-state index contributed by atoms with van der Waals surface area (Å²) in [5, 5.41) is 26.0. The zero-order chi connectivity index (χ0) is 26.2. The Bertz CT molecular complexity index is 1430. The van der Waals surface area contributed by atoms with Crippen LogP contribution in [0.15, 0.2) is 79.4 Å². The van der Waals surface area contributed by atoms with Crippen molar-refractivity contribution in [3.05, 3.63) is 101 Å². The van der Waals surface area contributed by atoms with Crippen LogP contribution < -0.4 is 10.6 Å². The number of pyridine rings is 1. The predicted molar refractivity (Wildman–Crippen MR) is 135 cm³/mol. The standard InChI is InChI=1S/C25H20ClN7O4/c26-19-6-9-22(33-15-28-31-32-33)18(13-19)5-10-23(34)30-21(12-16-2-1-11-27-14-16)24(35)29-20-7-3-17(4-8-20)25(36)37/h1-11,13-15,21H,12H2,(H,29,35)(H,30,34)(H,36,37)/b10-5+/t21-/m0/s1. The van der Waals surface area contributed by atoms with Crippen molar-refractivity contribution in [2.45, 2.75) is 12.5 Å². The van der Waals surface area contributed by atoms with Crippen molar-refractivity contribution in [2.75, 3.05) is 5.32 Å². The number of carboxylic acids is 1. The van der Waals surface area contributed by atoms with Crippen molar-refractivity contribution in [2.24, 2.45) is 0 Å². The molecule has 0 saturated carbocycles. The number of halogens is 1. The summed E-state index contributed by atoms with van der Waals surface area (Å²) >= 11 is 6.13. The first-order chi connectivity index (χ1) is 17.9. The van der Waals surface area contributed by atoms with Crippen molar-refractivity contribution in [3.63, 3.8) is 0 Å². The summed E-state index contributed by atoms with van der Waals surface area (Å²) in [4.78, 5) is 41.0. The van der Waals surface area contributed by atoms with E-state index in [2.05, 4.69) is 31.1 Å². The second-order valence-electron chi connectivity index (χ2n) is 7.79. The van der Waals surface area contributed by atoms with E-state index in [0.29, 0.717) is 22.0 Å². The molecule has 4 aromatic rings. The average molecular weight is 518 g/mol. The average Bonchev–Trinajstić information content (AvgIpc) is 3.43. The number of anilines is 1. The fourth-order valence-corrected chi connectivity index (χ4v) is 3.59. The molecule has 186 valence electrons. The van der Waals surface area contributed by atoms with E-state index in [1.165, 1.54) is 41.4 Å². The summed E-state index contributed by atoms with van der Waals surface area (Å²) in [5.41, 5.74) is 2.41. The van der Waals surface area contributed by atoms with Crippen LogP contribution in [0.1, 0.15) is 21.5 Å². The topological polar surface area (TPSA) is 152 Å². The van der Waals surface area contributed by atoms with Gasteiger partial charge in [-0.2, -0.15) is 4.68 Å². The van der Waals surface area contributed by atoms with Gasteiger partial charge in [-0.1, -0.05) is 17.7 Å². The van der Waals surface area contributed by atoms with Crippen LogP contribution in [0.4, 0.5) is 5.69 Å². The molecule has 0 saturated heterocycles. The summed E-state index contributed by atoms with van der Waals surface area (Å²) < 4.78 is 1.43. The van der Waals surface area contributed by atoms with Crippen LogP contribution in [0.2, 0.25) is 5.02 Å². The number of tetrazole rings is 1. The minimum atomic E-state index is -1.07. The van der Waals surface area contributed by atoms with Gasteiger partial charge in [-0.25, -0.2) is 4.79 Å². The summed E-state index contributed by atoms with van der Waals surface area (Å²) in [7, 11) is 0. The van der Waals surface area contributed by atoms with Gasteiger partial charge in [-0.05, 0) is 70.6 Å². The first kappa shape index (κ1) is 25.2. The quantitative estimate of drug-likeness (QED) is 0.286. The van der Waals surface area contributed by atoms with Crippen molar-refractivity contribution in [1.29, 1.82) is 0 Å². The molecule has 0 aliphatic heterocycles. The molecule has 2 aromatic heterocycles. The highest BCUT2D eigenvalue weighted by molar-refractivity contribution is 6.30. The molecule has 0 radical (unpaired) electrons. The molecule has 12 heteroatoms. The van der Waals surface area contributed by atoms with Crippen LogP contribution in [0.5, 0.6) is 0 Å². The number of benzene rings is 2. The van der Waals surface area contributed by atoms with Gasteiger partial charge in [0, 0.05) is 41.2 Å². The zero-order valence-electron chi connectivity index (χ0n) is 19.2. The molecule has 2 aromatic carbocycles. The highest BCUT2D eigenvalue weighted by Gasteiger charge is 2.21. The number of carbonyl (C=O) groups excluding carboxylic acids is 2. The zero-order valence-corrected chi connectivity index (χ0v) is 19.9. The van der Waals surface area contributed by atoms with Crippen LogP contribution in [0.25, 0.3) is 11.8 Å². The van der Waals surface area contributed by atoms with Crippen LogP contribution in [0.3, 0.4) is 0 Å². The van der Waals surface area contributed by atoms with Crippen molar-refractivity contribution in [1.82, 2.24) is 30.5 Å². The molecule has 37 heavy (non-hydrogen) atoms. The third-order valence-electron chi connectivity index (χ3n) is 5.19. The van der Waals surface area contributed by atoms with E-state index in [0.717, 1.165) is 5.56 Å². The number of aromatic nitrogens is 5. The number of nitrogens with zero attached hydrogens (tertiary/aromatic N) is 5. The van der Waals surface area contributed by atoms with Gasteiger partial charge in [-0.3, -0.25) is 14.6 Å². The number of carboxylic acid groups (broad SMARTS) is 1. The highest BCUT2D eigenvalue weighted by Crippen LogP contribution is 2.20. The molecule has 1 atom stereocenters. The molecule has 0 fully saturated rings. The Hall–Kier alpha value is -4.90. The van der Waals surface area contributed by atoms with Gasteiger partial charge >= 0.3 is 5.97 Å². The summed E-state index contributed by atoms with van der Waals surface area (Å²) in [6, 6.07) is 13.3. The molecule has 11 nitrogen and oxygen atoms in total. The number of carbonyl (C=O) groups is 3. The van der Waals surface area contributed by atoms with E-state index < -0.39 is 23.8 Å². The lowest BCUT2D eigenvalue weighted by Gasteiger charge is -2.18. The minimum absolute atomic E-state index is 0.0883. The Morgan fingerprint density at radius 3 is 2.59 bits per heavy atom. The lowest BCUT2D eigenvalue weighted by molar-refractivity contribution is -0.123. The maximum atomic E-state index is 13.1. The molecule has 0 aliphatic carbocycles. The Morgan fingerprint density at radius 1 is 1.11 bits per heavy atom. The number of rotatable bonds is 9. The third-order valence-corrected chi connectivity index (χ3v) is 5.43. The van der Waals surface area contributed by atoms with Gasteiger partial charge in [0.2, 0.25) is 11.8 Å². The van der Waals surface area contributed by atoms with E-state index >= 15 is 0 Å². The Balaban J connectivity index is 1.51. The van der Waals surface area contributed by atoms with Gasteiger partial charge in [0.05, 0.1) is 11.3 Å². The molecule has 2 amide bonds. The molecule has 2 heterocycles. The van der Waals surface area contributed by atoms with Gasteiger partial charge in [0.15, 0.2) is 0 Å². The lowest BCUT2D eigenvalue weighted by Crippen LogP contribution is -2.44. The fourth-order valence-electron chi connectivity index (χ4n) is 3.41. The van der Waals surface area contributed by atoms with Gasteiger partial charge in [0.25, 0.3) is 0 Å². The van der Waals surface area contributed by atoms with Crippen molar-refractivity contribution >= 4 is 41.1 Å². The van der Waals surface area contributed by atoms with Gasteiger partial charge < -0.3 is 15.7 Å². The molecule has 0 unspecified atom stereocenters. The number of nitrogens with one attached hydrogen (secondary N) is 2. The lowest BCUT2D eigenvalue weighted by atomic mass is 10.1. The molecular formula is C25H20ClN7O4. The summed E-state index contributed by atoms with van der Waals surface area (Å²) in [6.45, 7) is 0. The first-order valence-corrected chi connectivity index (χ1v) is 11.3. The Kier molecular flexibility index (Phi) is 7.96. The molecule has 0 aliphatic rings. The third kappa shape index (κ3) is 6.83. The van der Waals surface area contributed by atoms with Crippen LogP contribution >= 0.6 is 11.6 Å². The smallest absolute Gasteiger partial charge is 0.335 e. The van der Waals surface area contributed by atoms with E-state index in [1.807, 2.05) is 0 Å². The minimum Gasteiger partial charge on any atom is -0.478 e. The number of aromatic carboxylic acids is 1. The van der Waals surface area contributed by atoms with E-state index in [4.69, 9.17) is 16.7 Å². The SMILES string of the molecule is O=C(/C=C/c1cc(Cl)ccc1-n1cnnn1)N[C@@H](Cc1cccnc1)C(=O)Nc1ccc(C(=O)O)cc1. The summed E-state index contributed by atoms with van der Waals surface area (Å²) in [6.07, 6.45) is 7.63. The maximum Gasteiger partial charge on any atom is 0.335 e. The van der Waals surface area contributed by atoms with Gasteiger partial charge in [0.1, 0.15) is 12.4 Å². The largest absolute Gasteiger partial charge is 0.478 e. The van der Waals surface area contributed by atoms with Crippen molar-refractivity contribution in [3.8, 4) is 5.69 Å². The number of hydrogen-bond donors (Lipinski definition) is 3. The van der Waals surface area contributed by atoms with Crippen LogP contribution in [0, 0.1) is 0 Å². The normalized spacial score (nSPS) is 11.7. The molecular weight excluding hydrogens is 498 g/mol. The van der Waals surface area contributed by atoms with E-state index in [9.17, 15) is 14.4 Å². The van der Waals surface area contributed by atoms with Crippen LogP contribution in [-0.2, 0) is 16.0 Å². The fraction of sp³-hybridized carbons (Fsp3) is 0.0800. The molecule has 4 rings (SSSR count). The van der Waals surface area contributed by atoms with E-state index in [1.54, 1.807) is 48.8 Å². The number of amides is 2. The molecule has 0 spiro atoms. The highest BCUT2D eigenvalue weighted by atomic mass is 35.5. The molecule has 3 N–H and O–H groups in total. The Morgan fingerprint density at radius 2 is 1.92 bits per heavy atom. The van der Waals surface area contributed by atoms with E-state index in [-0.39, 0.29) is 12.0 Å². The van der Waals surface area contributed by atoms with Gasteiger partial charge in [-0.15, -0.1) is 5.10 Å². The second-order valence-corrected chi connectivity index (χ2v) is 8.23. The summed E-state index contributed by atoms with van der Waals surface area (Å²) in [5.74, 6) is -2.08. The first-order valence-electron chi connectivity index (χ1n) is 10.9. The molecule has 0 bridgehead atoms. The van der Waals surface area contributed by atoms with Crippen molar-refractivity contribution < 1.29 is 19.5 Å². The van der Waals surface area contributed by atoms with Crippen LogP contribution in [-0.4, -0.2) is 54.1 Å². The number of hydrogen-bond acceptors (Lipinski definition) is 7. The second kappa shape index (κ2) is 11.7. The predicted octanol–water partition coefficient (Wildman–Crippen LogP) is 2.79. The maximum absolute atomic E-state index is 13.1.